The van der Waals surface area contributed by atoms with Crippen LogP contribution >= 0.6 is 39.3 Å². The number of amides is 1. The van der Waals surface area contributed by atoms with Gasteiger partial charge in [-0.3, -0.25) is 10.1 Å². The van der Waals surface area contributed by atoms with E-state index in [1.54, 1.807) is 6.07 Å². The normalized spacial score (nSPS) is 18.0. The molecule has 1 N–H and O–H groups in total. The Balaban J connectivity index is 2.13. The van der Waals surface area contributed by atoms with Crippen molar-refractivity contribution in [3.8, 4) is 0 Å². The van der Waals surface area contributed by atoms with Crippen molar-refractivity contribution < 1.29 is 18.7 Å². The Morgan fingerprint density at radius 2 is 2.26 bits per heavy atom. The molecule has 23 heavy (non-hydrogen) atoms. The summed E-state index contributed by atoms with van der Waals surface area (Å²) in [5, 5.41) is 9.95. The highest BCUT2D eigenvalue weighted by molar-refractivity contribution is 9.10. The molecule has 1 saturated heterocycles. The first-order valence-electron chi connectivity index (χ1n) is 5.95. The summed E-state index contributed by atoms with van der Waals surface area (Å²) in [6, 6.07) is 3.04. The first-order chi connectivity index (χ1) is 10.9. The summed E-state index contributed by atoms with van der Waals surface area (Å²) in [6.07, 6.45) is 2.20. The second-order valence-electron chi connectivity index (χ2n) is 4.00. The molecule has 6 nitrogen and oxygen atoms in total. The molecule has 0 bridgehead atoms. The van der Waals surface area contributed by atoms with Crippen LogP contribution in [0.2, 0.25) is 5.02 Å². The highest BCUT2D eigenvalue weighted by atomic mass is 79.9. The van der Waals surface area contributed by atoms with Crippen molar-refractivity contribution in [3.63, 3.8) is 0 Å². The van der Waals surface area contributed by atoms with Gasteiger partial charge in [0.15, 0.2) is 11.0 Å². The lowest BCUT2D eigenvalue weighted by Gasteiger charge is -2.00. The van der Waals surface area contributed by atoms with Gasteiger partial charge in [0, 0.05) is 16.1 Å². The summed E-state index contributed by atoms with van der Waals surface area (Å²) in [4.78, 5) is 22.8. The van der Waals surface area contributed by atoms with E-state index in [0.717, 1.165) is 24.1 Å². The molecule has 2 rings (SSSR count). The molecule has 1 aliphatic rings. The van der Waals surface area contributed by atoms with E-state index >= 15 is 0 Å². The van der Waals surface area contributed by atoms with Crippen molar-refractivity contribution in [3.05, 3.63) is 44.0 Å². The van der Waals surface area contributed by atoms with E-state index in [1.807, 2.05) is 0 Å². The molecule has 1 amide bonds. The summed E-state index contributed by atoms with van der Waals surface area (Å²) < 4.78 is 18.7. The lowest BCUT2D eigenvalue weighted by atomic mass is 10.2. The Morgan fingerprint density at radius 3 is 2.96 bits per heavy atom. The lowest BCUT2D eigenvalue weighted by molar-refractivity contribution is -0.135. The Hall–Kier alpha value is -1.71. The Morgan fingerprint density at radius 1 is 1.52 bits per heavy atom. The van der Waals surface area contributed by atoms with E-state index < -0.39 is 17.7 Å². The third-order valence-electron chi connectivity index (χ3n) is 2.51. The first-order valence-corrected chi connectivity index (χ1v) is 7.94. The number of amidine groups is 1. The van der Waals surface area contributed by atoms with E-state index in [4.69, 9.17) is 11.6 Å². The number of hydrogen-bond donors (Lipinski definition) is 1. The molecular weight excluding hydrogens is 413 g/mol. The van der Waals surface area contributed by atoms with Crippen molar-refractivity contribution in [1.29, 1.82) is 0 Å². The van der Waals surface area contributed by atoms with Gasteiger partial charge in [0.2, 0.25) is 0 Å². The van der Waals surface area contributed by atoms with Crippen molar-refractivity contribution in [2.45, 2.75) is 0 Å². The van der Waals surface area contributed by atoms with Crippen LogP contribution in [0.15, 0.2) is 37.8 Å². The number of thioether (sulfide) groups is 1. The molecule has 0 atom stereocenters. The van der Waals surface area contributed by atoms with E-state index in [1.165, 1.54) is 13.2 Å². The van der Waals surface area contributed by atoms with E-state index in [2.05, 4.69) is 36.2 Å². The SMILES string of the molecule is COC(=O)/C=C1/S/C(=N\N=Cc2ccc(Br)c(Cl)c2F)NC1=O. The third kappa shape index (κ3) is 4.40. The smallest absolute Gasteiger partial charge is 0.331 e. The third-order valence-corrected chi connectivity index (χ3v) is 4.67. The second kappa shape index (κ2) is 7.71. The number of rotatable bonds is 3. The highest BCUT2D eigenvalue weighted by Gasteiger charge is 2.25. The van der Waals surface area contributed by atoms with Crippen molar-refractivity contribution in [1.82, 2.24) is 5.32 Å². The van der Waals surface area contributed by atoms with Gasteiger partial charge in [-0.2, -0.15) is 5.10 Å². The van der Waals surface area contributed by atoms with Crippen LogP contribution in [0, 0.1) is 5.82 Å². The molecule has 1 aromatic carbocycles. The van der Waals surface area contributed by atoms with Crippen LogP contribution in [0.25, 0.3) is 0 Å². The number of methoxy groups -OCH3 is 1. The van der Waals surface area contributed by atoms with Crippen molar-refractivity contribution in [2.75, 3.05) is 7.11 Å². The number of carbonyl (C=O) groups is 2. The first kappa shape index (κ1) is 17.6. The predicted octanol–water partition coefficient (Wildman–Crippen LogP) is 2.85. The average Bonchev–Trinajstić information content (AvgIpc) is 2.87. The zero-order chi connectivity index (χ0) is 17.0. The zero-order valence-electron chi connectivity index (χ0n) is 11.5. The largest absolute Gasteiger partial charge is 0.466 e. The highest BCUT2D eigenvalue weighted by Crippen LogP contribution is 2.27. The molecular formula is C13H8BrClFN3O3S. The minimum atomic E-state index is -0.654. The van der Waals surface area contributed by atoms with Crippen LogP contribution < -0.4 is 5.32 Å². The molecule has 0 aromatic heterocycles. The Bertz CT molecular complexity index is 767. The number of hydrogen-bond acceptors (Lipinski definition) is 6. The minimum Gasteiger partial charge on any atom is -0.466 e. The fraction of sp³-hybridized carbons (Fsp3) is 0.0769. The van der Waals surface area contributed by atoms with E-state index in [-0.39, 0.29) is 20.7 Å². The molecule has 1 aliphatic heterocycles. The van der Waals surface area contributed by atoms with Gasteiger partial charge in [0.25, 0.3) is 5.91 Å². The maximum absolute atomic E-state index is 13.8. The summed E-state index contributed by atoms with van der Waals surface area (Å²) in [6.45, 7) is 0. The van der Waals surface area contributed by atoms with Gasteiger partial charge >= 0.3 is 5.97 Å². The molecule has 10 heteroatoms. The Labute approximate surface area is 147 Å². The number of ether oxygens (including phenoxy) is 1. The number of benzene rings is 1. The molecule has 0 spiro atoms. The van der Waals surface area contributed by atoms with Gasteiger partial charge < -0.3 is 4.74 Å². The van der Waals surface area contributed by atoms with Gasteiger partial charge in [-0.15, -0.1) is 5.10 Å². The predicted molar refractivity (Wildman–Crippen MR) is 90.0 cm³/mol. The molecule has 0 radical (unpaired) electrons. The molecule has 1 heterocycles. The van der Waals surface area contributed by atoms with Gasteiger partial charge in [-0.05, 0) is 39.8 Å². The summed E-state index contributed by atoms with van der Waals surface area (Å²) >= 11 is 9.78. The van der Waals surface area contributed by atoms with Gasteiger partial charge in [0.1, 0.15) is 0 Å². The summed E-state index contributed by atoms with van der Waals surface area (Å²) in [5.74, 6) is -1.79. The van der Waals surface area contributed by atoms with Gasteiger partial charge in [-0.1, -0.05) is 11.6 Å². The van der Waals surface area contributed by atoms with Gasteiger partial charge in [-0.25, -0.2) is 9.18 Å². The van der Waals surface area contributed by atoms with Crippen molar-refractivity contribution in [2.24, 2.45) is 10.2 Å². The van der Waals surface area contributed by atoms with Crippen LogP contribution in [0.3, 0.4) is 0 Å². The molecule has 120 valence electrons. The molecule has 1 fully saturated rings. The number of halogens is 3. The average molecular weight is 421 g/mol. The second-order valence-corrected chi connectivity index (χ2v) is 6.27. The van der Waals surface area contributed by atoms with Gasteiger partial charge in [0.05, 0.1) is 23.3 Å². The van der Waals surface area contributed by atoms with Crippen LogP contribution in [0.4, 0.5) is 4.39 Å². The fourth-order valence-corrected chi connectivity index (χ4v) is 2.64. The number of esters is 1. The number of nitrogens with one attached hydrogen (secondary N) is 1. The Kier molecular flexibility index (Phi) is 5.91. The standard InChI is InChI=1S/C13H8BrClFN3O3S/c1-22-9(20)4-8-12(21)18-13(23-8)19-17-5-6-2-3-7(14)10(15)11(6)16/h2-5H,1H3,(H,18,19,21)/b8-4+,17-5?. The van der Waals surface area contributed by atoms with Crippen LogP contribution in [0.5, 0.6) is 0 Å². The quantitative estimate of drug-likeness (QED) is 0.268. The lowest BCUT2D eigenvalue weighted by Crippen LogP contribution is -2.19. The molecule has 1 aromatic rings. The topological polar surface area (TPSA) is 80.1 Å². The molecule has 0 aliphatic carbocycles. The summed E-state index contributed by atoms with van der Waals surface area (Å²) in [7, 11) is 1.20. The van der Waals surface area contributed by atoms with Crippen LogP contribution in [-0.4, -0.2) is 30.4 Å². The maximum Gasteiger partial charge on any atom is 0.331 e. The van der Waals surface area contributed by atoms with E-state index in [0.29, 0.717) is 4.47 Å². The van der Waals surface area contributed by atoms with Crippen LogP contribution in [0.1, 0.15) is 5.56 Å². The zero-order valence-corrected chi connectivity index (χ0v) is 14.6. The monoisotopic (exact) mass is 419 g/mol. The number of carbonyl (C=O) groups excluding carboxylic acids is 2. The maximum atomic E-state index is 13.8. The van der Waals surface area contributed by atoms with Crippen LogP contribution in [-0.2, 0) is 14.3 Å². The van der Waals surface area contributed by atoms with Crippen molar-refractivity contribution >= 4 is 62.6 Å². The summed E-state index contributed by atoms with van der Waals surface area (Å²) in [5.41, 5.74) is 0.141. The number of nitrogens with zero attached hydrogens (tertiary/aromatic N) is 2. The molecule has 0 saturated carbocycles. The van der Waals surface area contributed by atoms with E-state index in [9.17, 15) is 14.0 Å². The minimum absolute atomic E-state index is 0.0616. The molecule has 0 unspecified atom stereocenters. The fourth-order valence-electron chi connectivity index (χ4n) is 1.43.